The molecule has 0 fully saturated rings. The van der Waals surface area contributed by atoms with Crippen molar-refractivity contribution in [1.82, 2.24) is 0 Å². The molecule has 5 nitrogen and oxygen atoms in total. The quantitative estimate of drug-likeness (QED) is 0.850. The molecule has 0 heterocycles. The summed E-state index contributed by atoms with van der Waals surface area (Å²) in [6.07, 6.45) is 0.681. The van der Waals surface area contributed by atoms with E-state index in [1.165, 1.54) is 6.07 Å². The Hall–Kier alpha value is -2.18. The van der Waals surface area contributed by atoms with Gasteiger partial charge in [0.25, 0.3) is 0 Å². The third kappa shape index (κ3) is 3.23. The van der Waals surface area contributed by atoms with Gasteiger partial charge in [-0.15, -0.1) is 0 Å². The van der Waals surface area contributed by atoms with E-state index in [4.69, 9.17) is 9.88 Å². The fourth-order valence-electron chi connectivity index (χ4n) is 1.77. The van der Waals surface area contributed by atoms with E-state index in [1.807, 2.05) is 0 Å². The van der Waals surface area contributed by atoms with E-state index in [1.54, 1.807) is 42.5 Å². The first-order chi connectivity index (χ1) is 9.52. The fraction of sp³-hybridized carbons (Fsp3) is 0.0714. The Morgan fingerprint density at radius 1 is 1.05 bits per heavy atom. The van der Waals surface area contributed by atoms with Crippen LogP contribution in [0.1, 0.15) is 15.9 Å². The van der Waals surface area contributed by atoms with E-state index >= 15 is 0 Å². The molecule has 0 radical (unpaired) electrons. The Labute approximate surface area is 117 Å². The number of ether oxygens (including phenoxy) is 1. The summed E-state index contributed by atoms with van der Waals surface area (Å²) in [5.41, 5.74) is 0.844. The lowest BCUT2D eigenvalue weighted by atomic mass is 10.2. The summed E-state index contributed by atoms with van der Waals surface area (Å²) >= 11 is 0. The normalized spacial score (nSPS) is 11.1. The van der Waals surface area contributed by atoms with Gasteiger partial charge in [0.15, 0.2) is 6.29 Å². The molecule has 2 aromatic rings. The van der Waals surface area contributed by atoms with E-state index in [2.05, 4.69) is 0 Å². The summed E-state index contributed by atoms with van der Waals surface area (Å²) in [7, 11) is -3.80. The molecular weight excluding hydrogens is 278 g/mol. The van der Waals surface area contributed by atoms with Gasteiger partial charge in [0.05, 0.1) is 10.5 Å². The lowest BCUT2D eigenvalue weighted by Gasteiger charge is -2.10. The second kappa shape index (κ2) is 5.85. The van der Waals surface area contributed by atoms with Crippen molar-refractivity contribution in [2.45, 2.75) is 11.5 Å². The number of carbonyl (C=O) groups excluding carboxylic acids is 1. The molecule has 6 heteroatoms. The van der Waals surface area contributed by atoms with Crippen molar-refractivity contribution in [3.63, 3.8) is 0 Å². The predicted molar refractivity (Wildman–Crippen MR) is 74.0 cm³/mol. The topological polar surface area (TPSA) is 86.5 Å². The van der Waals surface area contributed by atoms with Crippen molar-refractivity contribution in [1.29, 1.82) is 0 Å². The summed E-state index contributed by atoms with van der Waals surface area (Å²) in [5.74, 6) is 0.395. The summed E-state index contributed by atoms with van der Waals surface area (Å²) in [6, 6.07) is 13.0. The van der Waals surface area contributed by atoms with Crippen LogP contribution in [0.4, 0.5) is 0 Å². The van der Waals surface area contributed by atoms with Crippen LogP contribution in [0.25, 0.3) is 0 Å². The molecule has 0 aromatic heterocycles. The molecule has 2 aromatic carbocycles. The van der Waals surface area contributed by atoms with Crippen molar-refractivity contribution in [2.24, 2.45) is 5.14 Å². The predicted octanol–water partition coefficient (Wildman–Crippen LogP) is 1.73. The van der Waals surface area contributed by atoms with Gasteiger partial charge in [-0.05, 0) is 18.2 Å². The molecule has 2 rings (SSSR count). The van der Waals surface area contributed by atoms with Crippen LogP contribution in [0.2, 0.25) is 0 Å². The Balaban J connectivity index is 2.26. The first-order valence-electron chi connectivity index (χ1n) is 5.80. The highest BCUT2D eigenvalue weighted by atomic mass is 32.2. The van der Waals surface area contributed by atoms with E-state index in [0.717, 1.165) is 0 Å². The smallest absolute Gasteiger partial charge is 0.238 e. The molecule has 0 amide bonds. The van der Waals surface area contributed by atoms with E-state index in [-0.39, 0.29) is 11.5 Å². The lowest BCUT2D eigenvalue weighted by Crippen LogP contribution is -2.15. The van der Waals surface area contributed by atoms with Crippen molar-refractivity contribution in [2.75, 3.05) is 0 Å². The van der Waals surface area contributed by atoms with Crippen LogP contribution in [0.15, 0.2) is 53.4 Å². The van der Waals surface area contributed by atoms with Gasteiger partial charge in [-0.3, -0.25) is 4.79 Å². The second-order valence-electron chi connectivity index (χ2n) is 4.10. The number of hydrogen-bond donors (Lipinski definition) is 1. The first kappa shape index (κ1) is 14.2. The van der Waals surface area contributed by atoms with Crippen molar-refractivity contribution >= 4 is 16.3 Å². The van der Waals surface area contributed by atoms with Crippen molar-refractivity contribution in [3.8, 4) is 5.75 Å². The van der Waals surface area contributed by atoms with Crippen molar-refractivity contribution < 1.29 is 17.9 Å². The third-order valence-corrected chi connectivity index (χ3v) is 3.72. The highest BCUT2D eigenvalue weighted by Crippen LogP contribution is 2.20. The number of para-hydroxylation sites is 1. The summed E-state index contributed by atoms with van der Waals surface area (Å²) in [4.78, 5) is 10.9. The van der Waals surface area contributed by atoms with Gasteiger partial charge in [0.2, 0.25) is 10.0 Å². The Morgan fingerprint density at radius 3 is 2.40 bits per heavy atom. The number of carbonyl (C=O) groups is 1. The van der Waals surface area contributed by atoms with E-state index in [9.17, 15) is 13.2 Å². The average molecular weight is 291 g/mol. The molecular formula is C14H13NO4S. The Kier molecular flexibility index (Phi) is 4.16. The largest absolute Gasteiger partial charge is 0.488 e. The minimum Gasteiger partial charge on any atom is -0.488 e. The standard InChI is InChI=1S/C14H13NO4S/c15-20(17,18)14-8-4-2-6-12(14)10-19-13-7-3-1-5-11(13)9-16/h1-9H,10H2,(H2,15,17,18). The molecule has 0 atom stereocenters. The van der Waals surface area contributed by atoms with Crippen LogP contribution in [-0.2, 0) is 16.6 Å². The zero-order chi connectivity index (χ0) is 14.6. The molecule has 0 spiro atoms. The highest BCUT2D eigenvalue weighted by molar-refractivity contribution is 7.89. The molecule has 0 bridgehead atoms. The molecule has 0 unspecified atom stereocenters. The zero-order valence-electron chi connectivity index (χ0n) is 10.5. The van der Waals surface area contributed by atoms with Crippen LogP contribution < -0.4 is 9.88 Å². The Bertz CT molecular complexity index is 725. The number of rotatable bonds is 5. The number of hydrogen-bond acceptors (Lipinski definition) is 4. The molecule has 0 aliphatic rings. The molecule has 0 saturated heterocycles. The van der Waals surface area contributed by atoms with E-state index in [0.29, 0.717) is 23.2 Å². The molecule has 0 saturated carbocycles. The summed E-state index contributed by atoms with van der Waals surface area (Å²) in [5, 5.41) is 5.14. The van der Waals surface area contributed by atoms with Gasteiger partial charge in [-0.1, -0.05) is 30.3 Å². The lowest BCUT2D eigenvalue weighted by molar-refractivity contribution is 0.111. The summed E-state index contributed by atoms with van der Waals surface area (Å²) < 4.78 is 28.4. The first-order valence-corrected chi connectivity index (χ1v) is 7.34. The number of sulfonamides is 1. The maximum Gasteiger partial charge on any atom is 0.238 e. The second-order valence-corrected chi connectivity index (χ2v) is 5.63. The number of aldehydes is 1. The Morgan fingerprint density at radius 2 is 1.70 bits per heavy atom. The van der Waals surface area contributed by atoms with Crippen LogP contribution >= 0.6 is 0 Å². The maximum atomic E-state index is 11.5. The fourth-order valence-corrected chi connectivity index (χ4v) is 2.53. The van der Waals surface area contributed by atoms with Gasteiger partial charge in [-0.25, -0.2) is 13.6 Å². The molecule has 0 aliphatic carbocycles. The van der Waals surface area contributed by atoms with Crippen LogP contribution in [0, 0.1) is 0 Å². The van der Waals surface area contributed by atoms with Gasteiger partial charge in [-0.2, -0.15) is 0 Å². The highest BCUT2D eigenvalue weighted by Gasteiger charge is 2.13. The molecule has 104 valence electrons. The number of nitrogens with two attached hydrogens (primary N) is 1. The van der Waals surface area contributed by atoms with Gasteiger partial charge in [0.1, 0.15) is 12.4 Å². The van der Waals surface area contributed by atoms with Gasteiger partial charge in [0, 0.05) is 5.56 Å². The maximum absolute atomic E-state index is 11.5. The summed E-state index contributed by atoms with van der Waals surface area (Å²) in [6.45, 7) is 0.0114. The molecule has 2 N–H and O–H groups in total. The third-order valence-electron chi connectivity index (χ3n) is 2.71. The zero-order valence-corrected chi connectivity index (χ0v) is 11.3. The minimum absolute atomic E-state index is 0.0114. The van der Waals surface area contributed by atoms with Crippen LogP contribution in [0.3, 0.4) is 0 Å². The van der Waals surface area contributed by atoms with Gasteiger partial charge >= 0.3 is 0 Å². The number of benzene rings is 2. The molecule has 20 heavy (non-hydrogen) atoms. The average Bonchev–Trinajstić information content (AvgIpc) is 2.44. The van der Waals surface area contributed by atoms with Crippen LogP contribution in [0.5, 0.6) is 5.75 Å². The molecule has 0 aliphatic heterocycles. The SMILES string of the molecule is NS(=O)(=O)c1ccccc1COc1ccccc1C=O. The van der Waals surface area contributed by atoms with E-state index < -0.39 is 10.0 Å². The van der Waals surface area contributed by atoms with Crippen molar-refractivity contribution in [3.05, 3.63) is 59.7 Å². The minimum atomic E-state index is -3.80. The monoisotopic (exact) mass is 291 g/mol. The van der Waals surface area contributed by atoms with Crippen LogP contribution in [-0.4, -0.2) is 14.7 Å². The number of primary sulfonamides is 1. The van der Waals surface area contributed by atoms with Gasteiger partial charge < -0.3 is 4.74 Å².